The first-order chi connectivity index (χ1) is 9.84. The van der Waals surface area contributed by atoms with Gasteiger partial charge < -0.3 is 9.47 Å². The summed E-state index contributed by atoms with van der Waals surface area (Å²) in [5.74, 6) is 0.150. The van der Waals surface area contributed by atoms with Crippen LogP contribution < -0.4 is 0 Å². The van der Waals surface area contributed by atoms with Gasteiger partial charge in [0.05, 0.1) is 12.2 Å². The standard InChI is InChI=1S/C17H24ClNO2/c1-9(2)14-15(10(3)4)21-17(20-14)7-6-12-11(5)8-13(18)19-16(12)17/h8-10,14-15H,6-7H2,1-5H3/t14-,15-/m0/s1. The molecule has 0 unspecified atom stereocenters. The van der Waals surface area contributed by atoms with Gasteiger partial charge >= 0.3 is 0 Å². The molecule has 1 saturated heterocycles. The minimum atomic E-state index is -0.686. The summed E-state index contributed by atoms with van der Waals surface area (Å²) in [6.45, 7) is 10.8. The molecular formula is C17H24ClNO2. The van der Waals surface area contributed by atoms with Crippen LogP contribution in [0.1, 0.15) is 50.9 Å². The molecule has 0 N–H and O–H groups in total. The van der Waals surface area contributed by atoms with E-state index in [2.05, 4.69) is 39.6 Å². The van der Waals surface area contributed by atoms with Crippen molar-refractivity contribution in [3.05, 3.63) is 28.0 Å². The Labute approximate surface area is 132 Å². The van der Waals surface area contributed by atoms with Gasteiger partial charge in [-0.3, -0.25) is 0 Å². The number of halogens is 1. The van der Waals surface area contributed by atoms with Gasteiger partial charge in [-0.1, -0.05) is 39.3 Å². The number of fused-ring (bicyclic) bond motifs is 2. The van der Waals surface area contributed by atoms with E-state index in [4.69, 9.17) is 21.1 Å². The molecule has 0 saturated carbocycles. The van der Waals surface area contributed by atoms with Gasteiger partial charge in [0.2, 0.25) is 5.79 Å². The first-order valence-electron chi connectivity index (χ1n) is 7.86. The van der Waals surface area contributed by atoms with Crippen LogP contribution in [0, 0.1) is 18.8 Å². The van der Waals surface area contributed by atoms with Crippen molar-refractivity contribution in [3.8, 4) is 0 Å². The fourth-order valence-electron chi connectivity index (χ4n) is 3.56. The van der Waals surface area contributed by atoms with Crippen LogP contribution in [0.25, 0.3) is 0 Å². The van der Waals surface area contributed by atoms with E-state index in [1.807, 2.05) is 6.07 Å². The van der Waals surface area contributed by atoms with E-state index in [1.54, 1.807) is 0 Å². The van der Waals surface area contributed by atoms with Crippen LogP contribution in [0.3, 0.4) is 0 Å². The Bertz CT molecular complexity index is 540. The summed E-state index contributed by atoms with van der Waals surface area (Å²) < 4.78 is 12.9. The maximum absolute atomic E-state index is 6.44. The normalized spacial score (nSPS) is 27.0. The van der Waals surface area contributed by atoms with Crippen LogP contribution in [0.4, 0.5) is 0 Å². The molecule has 1 aromatic heterocycles. The van der Waals surface area contributed by atoms with Gasteiger partial charge in [0.25, 0.3) is 0 Å². The second kappa shape index (κ2) is 5.22. The molecule has 1 aromatic rings. The topological polar surface area (TPSA) is 31.4 Å². The molecule has 4 heteroatoms. The lowest BCUT2D eigenvalue weighted by molar-refractivity contribution is -0.190. The van der Waals surface area contributed by atoms with Gasteiger partial charge in [0.1, 0.15) is 10.8 Å². The lowest BCUT2D eigenvalue weighted by Gasteiger charge is -2.24. The van der Waals surface area contributed by atoms with Crippen molar-refractivity contribution in [1.29, 1.82) is 0 Å². The molecule has 0 amide bonds. The van der Waals surface area contributed by atoms with Gasteiger partial charge in [0, 0.05) is 6.42 Å². The van der Waals surface area contributed by atoms with Crippen molar-refractivity contribution in [2.24, 2.45) is 11.8 Å². The van der Waals surface area contributed by atoms with E-state index in [0.717, 1.165) is 18.5 Å². The number of ether oxygens (including phenoxy) is 2. The van der Waals surface area contributed by atoms with Crippen molar-refractivity contribution in [3.63, 3.8) is 0 Å². The van der Waals surface area contributed by atoms with Gasteiger partial charge in [0.15, 0.2) is 0 Å². The first-order valence-corrected chi connectivity index (χ1v) is 8.24. The lowest BCUT2D eigenvalue weighted by Crippen LogP contribution is -2.31. The molecule has 1 aliphatic carbocycles. The molecule has 1 fully saturated rings. The second-order valence-electron chi connectivity index (χ2n) is 6.99. The van der Waals surface area contributed by atoms with E-state index in [1.165, 1.54) is 11.1 Å². The van der Waals surface area contributed by atoms with Crippen molar-refractivity contribution < 1.29 is 9.47 Å². The average molecular weight is 310 g/mol. The summed E-state index contributed by atoms with van der Waals surface area (Å²) in [7, 11) is 0. The molecule has 3 nitrogen and oxygen atoms in total. The molecule has 2 aliphatic rings. The molecule has 2 atom stereocenters. The Balaban J connectivity index is 2.03. The highest BCUT2D eigenvalue weighted by molar-refractivity contribution is 6.29. The van der Waals surface area contributed by atoms with Crippen LogP contribution in [0.15, 0.2) is 6.07 Å². The van der Waals surface area contributed by atoms with E-state index >= 15 is 0 Å². The highest BCUT2D eigenvalue weighted by atomic mass is 35.5. The van der Waals surface area contributed by atoms with Crippen molar-refractivity contribution in [1.82, 2.24) is 4.98 Å². The van der Waals surface area contributed by atoms with Crippen LogP contribution in [0.5, 0.6) is 0 Å². The minimum Gasteiger partial charge on any atom is -0.338 e. The fraction of sp³-hybridized carbons (Fsp3) is 0.706. The number of hydrogen-bond donors (Lipinski definition) is 0. The maximum Gasteiger partial charge on any atom is 0.213 e. The molecule has 2 heterocycles. The predicted octanol–water partition coefficient (Wildman–Crippen LogP) is 4.24. The zero-order chi connectivity index (χ0) is 15.4. The van der Waals surface area contributed by atoms with Crippen molar-refractivity contribution in [2.75, 3.05) is 0 Å². The summed E-state index contributed by atoms with van der Waals surface area (Å²) in [6.07, 6.45) is 2.00. The maximum atomic E-state index is 6.44. The third kappa shape index (κ3) is 2.39. The molecule has 0 aromatic carbocycles. The van der Waals surface area contributed by atoms with E-state index in [0.29, 0.717) is 17.0 Å². The first kappa shape index (κ1) is 15.3. The Morgan fingerprint density at radius 1 is 1.19 bits per heavy atom. The zero-order valence-corrected chi connectivity index (χ0v) is 14.2. The van der Waals surface area contributed by atoms with Crippen molar-refractivity contribution in [2.45, 2.75) is 65.5 Å². The Morgan fingerprint density at radius 3 is 2.29 bits per heavy atom. The van der Waals surface area contributed by atoms with Gasteiger partial charge in [-0.25, -0.2) is 4.98 Å². The Hall–Kier alpha value is -0.640. The molecule has 0 bridgehead atoms. The predicted molar refractivity (Wildman–Crippen MR) is 83.4 cm³/mol. The number of aromatic nitrogens is 1. The van der Waals surface area contributed by atoms with Gasteiger partial charge in [-0.15, -0.1) is 0 Å². The van der Waals surface area contributed by atoms with Gasteiger partial charge in [-0.05, 0) is 42.4 Å². The smallest absolute Gasteiger partial charge is 0.213 e. The summed E-state index contributed by atoms with van der Waals surface area (Å²) >= 11 is 6.17. The average Bonchev–Trinajstić information content (AvgIpc) is 2.93. The summed E-state index contributed by atoms with van der Waals surface area (Å²) in [6, 6.07) is 1.92. The largest absolute Gasteiger partial charge is 0.338 e. The summed E-state index contributed by atoms with van der Waals surface area (Å²) in [5.41, 5.74) is 3.33. The molecule has 1 spiro atoms. The lowest BCUT2D eigenvalue weighted by atomic mass is 9.94. The Morgan fingerprint density at radius 2 is 1.76 bits per heavy atom. The molecule has 3 rings (SSSR count). The highest BCUT2D eigenvalue weighted by Gasteiger charge is 2.54. The number of aryl methyl sites for hydroxylation is 1. The van der Waals surface area contributed by atoms with Crippen LogP contribution in [-0.2, 0) is 21.7 Å². The quantitative estimate of drug-likeness (QED) is 0.766. The number of pyridine rings is 1. The molecular weight excluding hydrogens is 286 g/mol. The summed E-state index contributed by atoms with van der Waals surface area (Å²) in [4.78, 5) is 4.55. The number of hydrogen-bond acceptors (Lipinski definition) is 3. The minimum absolute atomic E-state index is 0.108. The number of nitrogens with zero attached hydrogens (tertiary/aromatic N) is 1. The second-order valence-corrected chi connectivity index (χ2v) is 7.38. The van der Waals surface area contributed by atoms with Crippen LogP contribution in [0.2, 0.25) is 5.15 Å². The molecule has 116 valence electrons. The SMILES string of the molecule is Cc1cc(Cl)nc2c1CCC21O[C@@H](C(C)C)[C@H](C(C)C)O1. The third-order valence-corrected chi connectivity index (χ3v) is 4.87. The molecule has 21 heavy (non-hydrogen) atoms. The van der Waals surface area contributed by atoms with E-state index in [9.17, 15) is 0 Å². The fourth-order valence-corrected chi connectivity index (χ4v) is 3.81. The number of rotatable bonds is 2. The summed E-state index contributed by atoms with van der Waals surface area (Å²) in [5, 5.41) is 0.522. The third-order valence-electron chi connectivity index (χ3n) is 4.67. The highest BCUT2D eigenvalue weighted by Crippen LogP contribution is 2.49. The Kier molecular flexibility index (Phi) is 3.79. The van der Waals surface area contributed by atoms with E-state index in [-0.39, 0.29) is 12.2 Å². The van der Waals surface area contributed by atoms with Crippen molar-refractivity contribution >= 4 is 11.6 Å². The van der Waals surface area contributed by atoms with Gasteiger partial charge in [-0.2, -0.15) is 0 Å². The molecule has 1 aliphatic heterocycles. The monoisotopic (exact) mass is 309 g/mol. The zero-order valence-electron chi connectivity index (χ0n) is 13.4. The van der Waals surface area contributed by atoms with E-state index < -0.39 is 5.79 Å². The van der Waals surface area contributed by atoms with Crippen LogP contribution >= 0.6 is 11.6 Å². The molecule has 0 radical (unpaired) electrons. The van der Waals surface area contributed by atoms with Crippen LogP contribution in [-0.4, -0.2) is 17.2 Å².